The van der Waals surface area contributed by atoms with Gasteiger partial charge in [-0.2, -0.15) is 10.5 Å². The van der Waals surface area contributed by atoms with Gasteiger partial charge >= 0.3 is 0 Å². The Morgan fingerprint density at radius 3 is 2.65 bits per heavy atom. The molecule has 82 valence electrons. The van der Waals surface area contributed by atoms with Crippen molar-refractivity contribution in [3.8, 4) is 17.9 Å². The molecule has 1 N–H and O–H groups in total. The Kier molecular flexibility index (Phi) is 2.52. The summed E-state index contributed by atoms with van der Waals surface area (Å²) in [6.07, 6.45) is 0. The highest BCUT2D eigenvalue weighted by Crippen LogP contribution is 2.35. The first-order valence-electron chi connectivity index (χ1n) is 4.75. The summed E-state index contributed by atoms with van der Waals surface area (Å²) in [5, 5.41) is 20.2. The van der Waals surface area contributed by atoms with Crippen LogP contribution in [0.2, 0.25) is 0 Å². The maximum Gasteiger partial charge on any atom is 0.258 e. The number of hydrogen-bond donors (Lipinski definition) is 1. The number of carbonyl (C=O) groups excluding carboxylic acids is 1. The minimum atomic E-state index is -0.439. The second kappa shape index (κ2) is 3.99. The van der Waals surface area contributed by atoms with Gasteiger partial charge in [0.15, 0.2) is 0 Å². The molecule has 0 radical (unpaired) electrons. The first kappa shape index (κ1) is 10.7. The highest BCUT2D eigenvalue weighted by molar-refractivity contribution is 6.33. The summed E-state index contributed by atoms with van der Waals surface area (Å²) in [5.41, 5.74) is 1.000. The molecule has 0 bridgehead atoms. The van der Waals surface area contributed by atoms with Crippen LogP contribution in [0.3, 0.4) is 0 Å². The van der Waals surface area contributed by atoms with E-state index in [4.69, 9.17) is 15.3 Å². The molecular weight excluding hydrogens is 218 g/mol. The van der Waals surface area contributed by atoms with E-state index in [1.165, 1.54) is 7.11 Å². The van der Waals surface area contributed by atoms with Gasteiger partial charge in [-0.1, -0.05) is 0 Å². The summed E-state index contributed by atoms with van der Waals surface area (Å²) in [6, 6.07) is 8.43. The third-order valence-electron chi connectivity index (χ3n) is 2.44. The summed E-state index contributed by atoms with van der Waals surface area (Å²) in [7, 11) is 1.50. The van der Waals surface area contributed by atoms with Crippen LogP contribution in [-0.2, 0) is 4.79 Å². The van der Waals surface area contributed by atoms with Crippen molar-refractivity contribution in [1.29, 1.82) is 10.5 Å². The minimum absolute atomic E-state index is 0.101. The number of amides is 1. The zero-order chi connectivity index (χ0) is 12.4. The summed E-state index contributed by atoms with van der Waals surface area (Å²) in [6.45, 7) is 0. The maximum atomic E-state index is 11.7. The van der Waals surface area contributed by atoms with Gasteiger partial charge in [-0.15, -0.1) is 0 Å². The van der Waals surface area contributed by atoms with E-state index in [0.717, 1.165) is 0 Å². The van der Waals surface area contributed by atoms with Crippen molar-refractivity contribution in [2.24, 2.45) is 0 Å². The third-order valence-corrected chi connectivity index (χ3v) is 2.44. The Bertz CT molecular complexity index is 602. The molecule has 5 heteroatoms. The van der Waals surface area contributed by atoms with Crippen LogP contribution in [0.25, 0.3) is 5.57 Å². The molecule has 0 aromatic heterocycles. The van der Waals surface area contributed by atoms with Gasteiger partial charge in [0.05, 0.1) is 12.7 Å². The second-order valence-corrected chi connectivity index (χ2v) is 3.34. The van der Waals surface area contributed by atoms with Crippen LogP contribution in [0.5, 0.6) is 5.75 Å². The number of allylic oxidation sites excluding steroid dienone is 1. The lowest BCUT2D eigenvalue weighted by Gasteiger charge is -2.02. The fraction of sp³-hybridized carbons (Fsp3) is 0.0833. The van der Waals surface area contributed by atoms with E-state index < -0.39 is 5.91 Å². The van der Waals surface area contributed by atoms with Gasteiger partial charge in [-0.25, -0.2) is 0 Å². The molecule has 0 atom stereocenters. The van der Waals surface area contributed by atoms with E-state index in [9.17, 15) is 4.79 Å². The molecule has 1 aromatic rings. The van der Waals surface area contributed by atoms with Crippen molar-refractivity contribution in [2.45, 2.75) is 0 Å². The van der Waals surface area contributed by atoms with Gasteiger partial charge in [0, 0.05) is 11.3 Å². The number of nitriles is 2. The van der Waals surface area contributed by atoms with Crippen molar-refractivity contribution in [1.82, 2.24) is 0 Å². The van der Waals surface area contributed by atoms with Gasteiger partial charge in [0.2, 0.25) is 0 Å². The number of rotatable bonds is 1. The van der Waals surface area contributed by atoms with Crippen LogP contribution >= 0.6 is 0 Å². The monoisotopic (exact) mass is 225 g/mol. The van der Waals surface area contributed by atoms with E-state index in [2.05, 4.69) is 5.32 Å². The molecule has 1 aliphatic rings. The SMILES string of the molecule is COc1ccc2c(c1)C(=C(C#N)C#N)C(=O)N2. The van der Waals surface area contributed by atoms with Crippen LogP contribution in [-0.4, -0.2) is 13.0 Å². The van der Waals surface area contributed by atoms with E-state index in [-0.39, 0.29) is 11.1 Å². The quantitative estimate of drug-likeness (QED) is 0.578. The van der Waals surface area contributed by atoms with Gasteiger partial charge in [0.1, 0.15) is 23.5 Å². The van der Waals surface area contributed by atoms with Crippen LogP contribution < -0.4 is 10.1 Å². The number of fused-ring (bicyclic) bond motifs is 1. The number of ether oxygens (including phenoxy) is 1. The number of carbonyl (C=O) groups is 1. The minimum Gasteiger partial charge on any atom is -0.497 e. The fourth-order valence-corrected chi connectivity index (χ4v) is 1.66. The van der Waals surface area contributed by atoms with Crippen molar-refractivity contribution < 1.29 is 9.53 Å². The van der Waals surface area contributed by atoms with Crippen LogP contribution in [0.4, 0.5) is 5.69 Å². The maximum absolute atomic E-state index is 11.7. The van der Waals surface area contributed by atoms with Gasteiger partial charge in [-0.05, 0) is 18.2 Å². The Morgan fingerprint density at radius 1 is 1.35 bits per heavy atom. The normalized spacial score (nSPS) is 12.2. The third kappa shape index (κ3) is 1.60. The summed E-state index contributed by atoms with van der Waals surface area (Å²) >= 11 is 0. The molecule has 0 fully saturated rings. The second-order valence-electron chi connectivity index (χ2n) is 3.34. The molecule has 1 heterocycles. The van der Waals surface area contributed by atoms with E-state index in [1.54, 1.807) is 30.3 Å². The van der Waals surface area contributed by atoms with Crippen molar-refractivity contribution in [3.05, 3.63) is 29.3 Å². The van der Waals surface area contributed by atoms with E-state index in [1.807, 2.05) is 0 Å². The topological polar surface area (TPSA) is 85.9 Å². The van der Waals surface area contributed by atoms with Crippen molar-refractivity contribution in [2.75, 3.05) is 12.4 Å². The highest BCUT2D eigenvalue weighted by Gasteiger charge is 2.28. The molecule has 1 amide bonds. The molecule has 2 rings (SSSR count). The van der Waals surface area contributed by atoms with Gasteiger partial charge < -0.3 is 10.1 Å². The number of anilines is 1. The molecule has 0 saturated heterocycles. The number of benzene rings is 1. The number of hydrogen-bond acceptors (Lipinski definition) is 4. The first-order chi connectivity index (χ1) is 8.21. The van der Waals surface area contributed by atoms with Crippen LogP contribution in [0.15, 0.2) is 23.8 Å². The molecule has 0 saturated carbocycles. The average Bonchev–Trinajstić information content (AvgIpc) is 2.67. The lowest BCUT2D eigenvalue weighted by Crippen LogP contribution is -2.05. The standard InChI is InChI=1S/C12H7N3O2/c1-17-8-2-3-10-9(4-8)11(12(16)15-10)7(5-13)6-14/h2-4H,1H3,(H,15,16). The molecule has 5 nitrogen and oxygen atoms in total. The van der Waals surface area contributed by atoms with Gasteiger partial charge in [0.25, 0.3) is 5.91 Å². The van der Waals surface area contributed by atoms with Crippen molar-refractivity contribution >= 4 is 17.2 Å². The predicted octanol–water partition coefficient (Wildman–Crippen LogP) is 1.45. The fourth-order valence-electron chi connectivity index (χ4n) is 1.66. The molecule has 0 spiro atoms. The first-order valence-corrected chi connectivity index (χ1v) is 4.75. The zero-order valence-electron chi connectivity index (χ0n) is 8.94. The molecule has 1 aromatic carbocycles. The Hall–Kier alpha value is -2.79. The van der Waals surface area contributed by atoms with Gasteiger partial charge in [-0.3, -0.25) is 4.79 Å². The van der Waals surface area contributed by atoms with Crippen LogP contribution in [0, 0.1) is 22.7 Å². The Balaban J connectivity index is 2.70. The zero-order valence-corrected chi connectivity index (χ0v) is 8.94. The molecule has 17 heavy (non-hydrogen) atoms. The van der Waals surface area contributed by atoms with Crippen LogP contribution in [0.1, 0.15) is 5.56 Å². The summed E-state index contributed by atoms with van der Waals surface area (Å²) in [4.78, 5) is 11.7. The average molecular weight is 225 g/mol. The highest BCUT2D eigenvalue weighted by atomic mass is 16.5. The number of methoxy groups -OCH3 is 1. The Labute approximate surface area is 97.5 Å². The molecule has 0 aliphatic carbocycles. The molecular formula is C12H7N3O2. The number of nitrogens with zero attached hydrogens (tertiary/aromatic N) is 2. The Morgan fingerprint density at radius 2 is 2.06 bits per heavy atom. The molecule has 1 aliphatic heterocycles. The van der Waals surface area contributed by atoms with Crippen molar-refractivity contribution in [3.63, 3.8) is 0 Å². The lowest BCUT2D eigenvalue weighted by atomic mass is 10.0. The largest absolute Gasteiger partial charge is 0.497 e. The van der Waals surface area contributed by atoms with E-state index in [0.29, 0.717) is 17.0 Å². The van der Waals surface area contributed by atoms with E-state index >= 15 is 0 Å². The number of nitrogens with one attached hydrogen (secondary N) is 1. The smallest absolute Gasteiger partial charge is 0.258 e. The molecule has 0 unspecified atom stereocenters. The lowest BCUT2D eigenvalue weighted by molar-refractivity contribution is -0.110. The summed E-state index contributed by atoms with van der Waals surface area (Å²) < 4.78 is 5.04. The summed E-state index contributed by atoms with van der Waals surface area (Å²) in [5.74, 6) is 0.124. The predicted molar refractivity (Wildman–Crippen MR) is 59.8 cm³/mol.